The van der Waals surface area contributed by atoms with Gasteiger partial charge in [0.2, 0.25) is 17.7 Å². The Labute approximate surface area is 132 Å². The molecule has 0 heterocycles. The SMILES string of the molecule is CC(C)NCC(=O)N[C@@H](CCCCNC(=O)C(C)C)C(N)=O. The van der Waals surface area contributed by atoms with Crippen LogP contribution in [0.1, 0.15) is 47.0 Å². The minimum absolute atomic E-state index is 0.0134. The summed E-state index contributed by atoms with van der Waals surface area (Å²) in [4.78, 5) is 34.4. The van der Waals surface area contributed by atoms with Gasteiger partial charge in [0, 0.05) is 18.5 Å². The van der Waals surface area contributed by atoms with Crippen molar-refractivity contribution < 1.29 is 14.4 Å². The Morgan fingerprint density at radius 3 is 2.18 bits per heavy atom. The highest BCUT2D eigenvalue weighted by Crippen LogP contribution is 2.01. The molecular formula is C15H30N4O3. The van der Waals surface area contributed by atoms with Crippen LogP contribution in [-0.2, 0) is 14.4 Å². The normalized spacial score (nSPS) is 12.3. The third kappa shape index (κ3) is 10.1. The molecule has 5 N–H and O–H groups in total. The molecule has 0 unspecified atom stereocenters. The molecule has 0 saturated heterocycles. The van der Waals surface area contributed by atoms with E-state index in [0.29, 0.717) is 19.4 Å². The molecule has 0 aromatic rings. The second-order valence-corrected chi connectivity index (χ2v) is 6.00. The maximum Gasteiger partial charge on any atom is 0.240 e. The Balaban J connectivity index is 3.98. The van der Waals surface area contributed by atoms with E-state index in [1.54, 1.807) is 0 Å². The van der Waals surface area contributed by atoms with Gasteiger partial charge in [-0.3, -0.25) is 14.4 Å². The van der Waals surface area contributed by atoms with Crippen LogP contribution in [0.3, 0.4) is 0 Å². The molecule has 0 saturated carbocycles. The summed E-state index contributed by atoms with van der Waals surface area (Å²) in [5.74, 6) is -0.805. The number of carbonyl (C=O) groups excluding carboxylic acids is 3. The number of nitrogens with two attached hydrogens (primary N) is 1. The van der Waals surface area contributed by atoms with E-state index in [0.717, 1.165) is 6.42 Å². The summed E-state index contributed by atoms with van der Waals surface area (Å²) in [6.07, 6.45) is 1.91. The largest absolute Gasteiger partial charge is 0.368 e. The van der Waals surface area contributed by atoms with Crippen LogP contribution in [0, 0.1) is 5.92 Å². The molecule has 0 fully saturated rings. The van der Waals surface area contributed by atoms with Crippen LogP contribution < -0.4 is 21.7 Å². The molecule has 128 valence electrons. The van der Waals surface area contributed by atoms with E-state index in [1.165, 1.54) is 0 Å². The first-order valence-corrected chi connectivity index (χ1v) is 7.83. The fourth-order valence-electron chi connectivity index (χ4n) is 1.72. The minimum atomic E-state index is -0.665. The Morgan fingerprint density at radius 1 is 1.05 bits per heavy atom. The molecule has 0 aromatic heterocycles. The van der Waals surface area contributed by atoms with Gasteiger partial charge < -0.3 is 21.7 Å². The lowest BCUT2D eigenvalue weighted by Gasteiger charge is -2.16. The molecule has 0 spiro atoms. The number of nitrogens with one attached hydrogen (secondary N) is 3. The summed E-state index contributed by atoms with van der Waals surface area (Å²) in [6, 6.07) is -0.468. The van der Waals surface area contributed by atoms with E-state index in [9.17, 15) is 14.4 Å². The molecule has 0 radical (unpaired) electrons. The van der Waals surface area contributed by atoms with Gasteiger partial charge in [-0.15, -0.1) is 0 Å². The fraction of sp³-hybridized carbons (Fsp3) is 0.800. The predicted molar refractivity (Wildman–Crippen MR) is 86.0 cm³/mol. The number of hydrogen-bond donors (Lipinski definition) is 4. The molecule has 0 rings (SSSR count). The van der Waals surface area contributed by atoms with Crippen molar-refractivity contribution in [2.75, 3.05) is 13.1 Å². The Kier molecular flexibility index (Phi) is 10.2. The molecule has 0 aliphatic heterocycles. The van der Waals surface area contributed by atoms with Crippen molar-refractivity contribution in [2.24, 2.45) is 11.7 Å². The minimum Gasteiger partial charge on any atom is -0.368 e. The van der Waals surface area contributed by atoms with Crippen molar-refractivity contribution in [3.05, 3.63) is 0 Å². The summed E-state index contributed by atoms with van der Waals surface area (Å²) in [7, 11) is 0. The van der Waals surface area contributed by atoms with Crippen molar-refractivity contribution >= 4 is 17.7 Å². The zero-order chi connectivity index (χ0) is 17.1. The van der Waals surface area contributed by atoms with Crippen molar-refractivity contribution in [1.82, 2.24) is 16.0 Å². The Bertz CT molecular complexity index is 370. The second-order valence-electron chi connectivity index (χ2n) is 6.00. The van der Waals surface area contributed by atoms with Crippen molar-refractivity contribution in [2.45, 2.75) is 59.0 Å². The Morgan fingerprint density at radius 2 is 1.68 bits per heavy atom. The van der Waals surface area contributed by atoms with Crippen LogP contribution in [0.15, 0.2) is 0 Å². The van der Waals surface area contributed by atoms with Gasteiger partial charge in [-0.05, 0) is 19.3 Å². The lowest BCUT2D eigenvalue weighted by Crippen LogP contribution is -2.48. The van der Waals surface area contributed by atoms with Gasteiger partial charge in [-0.25, -0.2) is 0 Å². The van der Waals surface area contributed by atoms with Gasteiger partial charge in [-0.2, -0.15) is 0 Å². The van der Waals surface area contributed by atoms with Gasteiger partial charge >= 0.3 is 0 Å². The third-order valence-corrected chi connectivity index (χ3v) is 3.09. The summed E-state index contributed by atoms with van der Waals surface area (Å²) in [6.45, 7) is 8.25. The molecule has 0 aliphatic rings. The highest BCUT2D eigenvalue weighted by molar-refractivity contribution is 5.87. The van der Waals surface area contributed by atoms with Crippen molar-refractivity contribution in [3.63, 3.8) is 0 Å². The molecule has 1 atom stereocenters. The number of amides is 3. The average molecular weight is 314 g/mol. The number of unbranched alkanes of at least 4 members (excludes halogenated alkanes) is 1. The van der Waals surface area contributed by atoms with E-state index in [1.807, 2.05) is 27.7 Å². The molecule has 7 nitrogen and oxygen atoms in total. The van der Waals surface area contributed by atoms with Crippen LogP contribution >= 0.6 is 0 Å². The van der Waals surface area contributed by atoms with Gasteiger partial charge in [0.15, 0.2) is 0 Å². The summed E-state index contributed by atoms with van der Waals surface area (Å²) in [5, 5.41) is 8.41. The fourth-order valence-corrected chi connectivity index (χ4v) is 1.72. The molecule has 0 aliphatic carbocycles. The predicted octanol–water partition coefficient (Wildman–Crippen LogP) is -0.103. The number of carbonyl (C=O) groups is 3. The van der Waals surface area contributed by atoms with Crippen molar-refractivity contribution in [3.8, 4) is 0 Å². The molecule has 22 heavy (non-hydrogen) atoms. The first kappa shape index (κ1) is 20.4. The van der Waals surface area contributed by atoms with Crippen molar-refractivity contribution in [1.29, 1.82) is 0 Å². The first-order valence-electron chi connectivity index (χ1n) is 7.83. The molecular weight excluding hydrogens is 284 g/mol. The maximum atomic E-state index is 11.7. The van der Waals surface area contributed by atoms with Gasteiger partial charge in [-0.1, -0.05) is 27.7 Å². The highest BCUT2D eigenvalue weighted by Gasteiger charge is 2.17. The maximum absolute atomic E-state index is 11.7. The van der Waals surface area contributed by atoms with Gasteiger partial charge in [0.05, 0.1) is 6.54 Å². The highest BCUT2D eigenvalue weighted by atomic mass is 16.2. The van der Waals surface area contributed by atoms with E-state index < -0.39 is 11.9 Å². The van der Waals surface area contributed by atoms with E-state index in [-0.39, 0.29) is 30.3 Å². The number of rotatable bonds is 11. The van der Waals surface area contributed by atoms with Crippen LogP contribution in [0.25, 0.3) is 0 Å². The van der Waals surface area contributed by atoms with E-state index in [4.69, 9.17) is 5.73 Å². The van der Waals surface area contributed by atoms with E-state index >= 15 is 0 Å². The molecule has 3 amide bonds. The third-order valence-electron chi connectivity index (χ3n) is 3.09. The second kappa shape index (κ2) is 11.0. The summed E-state index contributed by atoms with van der Waals surface area (Å²) < 4.78 is 0. The van der Waals surface area contributed by atoms with E-state index in [2.05, 4.69) is 16.0 Å². The Hall–Kier alpha value is -1.63. The lowest BCUT2D eigenvalue weighted by molar-refractivity contribution is -0.127. The van der Waals surface area contributed by atoms with Gasteiger partial charge in [0.1, 0.15) is 6.04 Å². The topological polar surface area (TPSA) is 113 Å². The average Bonchev–Trinajstić information content (AvgIpc) is 2.42. The molecule has 0 aromatic carbocycles. The first-order chi connectivity index (χ1) is 10.2. The zero-order valence-corrected chi connectivity index (χ0v) is 14.1. The summed E-state index contributed by atoms with van der Waals surface area (Å²) in [5.41, 5.74) is 5.30. The van der Waals surface area contributed by atoms with Crippen LogP contribution in [0.2, 0.25) is 0 Å². The standard InChI is InChI=1S/C15H30N4O3/c1-10(2)15(22)17-8-6-5-7-12(14(16)21)19-13(20)9-18-11(3)4/h10-12,18H,5-9H2,1-4H3,(H2,16,21)(H,17,22)(H,19,20)/t12-/m0/s1. The monoisotopic (exact) mass is 314 g/mol. The zero-order valence-electron chi connectivity index (χ0n) is 14.1. The van der Waals surface area contributed by atoms with Crippen LogP contribution in [0.5, 0.6) is 0 Å². The molecule has 0 bridgehead atoms. The summed E-state index contributed by atoms with van der Waals surface area (Å²) >= 11 is 0. The lowest BCUT2D eigenvalue weighted by atomic mass is 10.1. The number of hydrogen-bond acceptors (Lipinski definition) is 4. The van der Waals surface area contributed by atoms with Crippen LogP contribution in [0.4, 0.5) is 0 Å². The smallest absolute Gasteiger partial charge is 0.240 e. The molecule has 7 heteroatoms. The van der Waals surface area contributed by atoms with Crippen LogP contribution in [-0.4, -0.2) is 42.9 Å². The number of primary amides is 1. The quantitative estimate of drug-likeness (QED) is 0.399. The van der Waals surface area contributed by atoms with Gasteiger partial charge in [0.25, 0.3) is 0 Å².